The number of esters is 1. The summed E-state index contributed by atoms with van der Waals surface area (Å²) in [7, 11) is 1.08. The second-order valence-electron chi connectivity index (χ2n) is 6.20. The van der Waals surface area contributed by atoms with Crippen LogP contribution in [0.5, 0.6) is 0 Å². The molecule has 1 aliphatic carbocycles. The summed E-state index contributed by atoms with van der Waals surface area (Å²) in [5.41, 5.74) is -2.17. The van der Waals surface area contributed by atoms with E-state index in [4.69, 9.17) is 9.08 Å². The molecule has 0 amide bonds. The lowest BCUT2D eigenvalue weighted by Gasteiger charge is -2.12. The molecule has 1 aliphatic rings. The maximum absolute atomic E-state index is 13.1. The van der Waals surface area contributed by atoms with Gasteiger partial charge in [0.15, 0.2) is 22.6 Å². The van der Waals surface area contributed by atoms with E-state index in [1.54, 1.807) is 0 Å². The average molecular weight is 417 g/mol. The third kappa shape index (κ3) is 3.99. The van der Waals surface area contributed by atoms with E-state index in [2.05, 4.69) is 9.89 Å². The summed E-state index contributed by atoms with van der Waals surface area (Å²) in [4.78, 5) is 25.0. The second kappa shape index (κ2) is 7.47. The normalized spacial score (nSPS) is 15.3. The van der Waals surface area contributed by atoms with E-state index >= 15 is 0 Å². The monoisotopic (exact) mass is 417 g/mol. The zero-order valence-electron chi connectivity index (χ0n) is 14.4. The molecule has 1 saturated carbocycles. The molecule has 1 aromatic carbocycles. The molecule has 0 aliphatic heterocycles. The highest BCUT2D eigenvalue weighted by Gasteiger charge is 2.38. The van der Waals surface area contributed by atoms with Gasteiger partial charge in [0.25, 0.3) is 0 Å². The highest BCUT2D eigenvalue weighted by Crippen LogP contribution is 2.43. The number of nitrogens with zero attached hydrogens (tertiary/aromatic N) is 1. The Morgan fingerprint density at radius 1 is 1.36 bits per heavy atom. The zero-order chi connectivity index (χ0) is 20.6. The molecule has 11 heteroatoms. The van der Waals surface area contributed by atoms with E-state index in [0.29, 0.717) is 25.0 Å². The third-order valence-corrected chi connectivity index (χ3v) is 4.79. The first-order valence-electron chi connectivity index (χ1n) is 8.03. The van der Waals surface area contributed by atoms with E-state index in [9.17, 15) is 27.0 Å². The number of halogens is 3. The van der Waals surface area contributed by atoms with Gasteiger partial charge in [-0.2, -0.15) is 13.2 Å². The number of methoxy groups -OCH3 is 1. The standard InChI is InChI=1S/C17H14F3NO6S/c1-26-16(23)13-12(15(27-21-13)8-2-3-8)14(22)11-5-4-10(17(18,19)20)6-9(11)7-28(24)25/h4-6,8H,2-3,7H2,1H3,(H,24,25). The Labute approximate surface area is 159 Å². The number of ether oxygens (including phenoxy) is 1. The number of carbonyl (C=O) groups is 2. The van der Waals surface area contributed by atoms with E-state index in [0.717, 1.165) is 13.2 Å². The topological polar surface area (TPSA) is 107 Å². The van der Waals surface area contributed by atoms with E-state index in [-0.39, 0.29) is 34.1 Å². The minimum absolute atomic E-state index is 0.130. The Balaban J connectivity index is 2.13. The van der Waals surface area contributed by atoms with Gasteiger partial charge in [-0.1, -0.05) is 11.2 Å². The molecule has 1 unspecified atom stereocenters. The molecule has 0 saturated heterocycles. The van der Waals surface area contributed by atoms with Crippen LogP contribution in [0.1, 0.15) is 62.1 Å². The summed E-state index contributed by atoms with van der Waals surface area (Å²) in [5, 5.41) is 3.58. The number of alkyl halides is 3. The highest BCUT2D eigenvalue weighted by atomic mass is 32.2. The fraction of sp³-hybridized carbons (Fsp3) is 0.353. The molecule has 2 aromatic rings. The average Bonchev–Trinajstić information content (AvgIpc) is 3.37. The van der Waals surface area contributed by atoms with Gasteiger partial charge >= 0.3 is 12.1 Å². The summed E-state index contributed by atoms with van der Waals surface area (Å²) in [5.74, 6) is -2.42. The van der Waals surface area contributed by atoms with Crippen molar-refractivity contribution in [2.75, 3.05) is 7.11 Å². The highest BCUT2D eigenvalue weighted by molar-refractivity contribution is 7.78. The first-order valence-corrected chi connectivity index (χ1v) is 9.31. The van der Waals surface area contributed by atoms with E-state index in [1.807, 2.05) is 0 Å². The van der Waals surface area contributed by atoms with Crippen LogP contribution in [-0.4, -0.2) is 32.8 Å². The number of benzene rings is 1. The molecule has 0 spiro atoms. The Bertz CT molecular complexity index is 964. The van der Waals surface area contributed by atoms with Crippen molar-refractivity contribution in [3.05, 3.63) is 51.9 Å². The van der Waals surface area contributed by atoms with Gasteiger partial charge < -0.3 is 13.8 Å². The van der Waals surface area contributed by atoms with Crippen molar-refractivity contribution < 1.29 is 40.8 Å². The Morgan fingerprint density at radius 2 is 2.04 bits per heavy atom. The molecule has 28 heavy (non-hydrogen) atoms. The van der Waals surface area contributed by atoms with Crippen molar-refractivity contribution in [1.29, 1.82) is 0 Å². The lowest BCUT2D eigenvalue weighted by molar-refractivity contribution is -0.137. The summed E-state index contributed by atoms with van der Waals surface area (Å²) < 4.78 is 69.1. The maximum atomic E-state index is 13.1. The minimum atomic E-state index is -4.69. The van der Waals surface area contributed by atoms with Crippen molar-refractivity contribution in [2.24, 2.45) is 0 Å². The van der Waals surface area contributed by atoms with Crippen molar-refractivity contribution in [2.45, 2.75) is 30.7 Å². The van der Waals surface area contributed by atoms with Gasteiger partial charge in [0.1, 0.15) is 5.56 Å². The van der Waals surface area contributed by atoms with Crippen LogP contribution in [0.4, 0.5) is 13.2 Å². The summed E-state index contributed by atoms with van der Waals surface area (Å²) in [6, 6.07) is 2.25. The van der Waals surface area contributed by atoms with Gasteiger partial charge in [0.2, 0.25) is 5.69 Å². The summed E-state index contributed by atoms with van der Waals surface area (Å²) >= 11 is -2.49. The van der Waals surface area contributed by atoms with Gasteiger partial charge in [-0.05, 0) is 30.5 Å². The molecule has 0 radical (unpaired) electrons. The molecule has 0 bridgehead atoms. The van der Waals surface area contributed by atoms with Gasteiger partial charge in [-0.25, -0.2) is 9.00 Å². The number of hydrogen-bond donors (Lipinski definition) is 1. The molecular weight excluding hydrogens is 403 g/mol. The first-order chi connectivity index (χ1) is 13.1. The number of carbonyl (C=O) groups excluding carboxylic acids is 2. The van der Waals surface area contributed by atoms with Gasteiger partial charge in [0.05, 0.1) is 18.4 Å². The third-order valence-electron chi connectivity index (χ3n) is 4.23. The molecular formula is C17H14F3NO6S. The Kier molecular flexibility index (Phi) is 5.39. The number of ketones is 1. The number of aromatic nitrogens is 1. The fourth-order valence-corrected chi connectivity index (χ4v) is 3.27. The van der Waals surface area contributed by atoms with Crippen molar-refractivity contribution in [3.63, 3.8) is 0 Å². The van der Waals surface area contributed by atoms with Crippen LogP contribution in [0.25, 0.3) is 0 Å². The summed E-state index contributed by atoms with van der Waals surface area (Å²) in [6.07, 6.45) is -3.28. The molecule has 1 N–H and O–H groups in total. The minimum Gasteiger partial charge on any atom is -0.464 e. The molecule has 150 valence electrons. The maximum Gasteiger partial charge on any atom is 0.416 e. The van der Waals surface area contributed by atoms with Crippen LogP contribution in [0, 0.1) is 0 Å². The molecule has 1 heterocycles. The van der Waals surface area contributed by atoms with Crippen LogP contribution < -0.4 is 0 Å². The Morgan fingerprint density at radius 3 is 2.57 bits per heavy atom. The Hall–Kier alpha value is -2.53. The number of hydrogen-bond acceptors (Lipinski definition) is 6. The van der Waals surface area contributed by atoms with Gasteiger partial charge in [-0.15, -0.1) is 0 Å². The van der Waals surface area contributed by atoms with E-state index < -0.39 is 40.3 Å². The SMILES string of the molecule is COC(=O)c1noc(C2CC2)c1C(=O)c1ccc(C(F)(F)F)cc1CS(=O)O. The predicted octanol–water partition coefficient (Wildman–Crippen LogP) is 3.31. The van der Waals surface area contributed by atoms with Crippen LogP contribution >= 0.6 is 0 Å². The van der Waals surface area contributed by atoms with Gasteiger partial charge in [0, 0.05) is 11.5 Å². The predicted molar refractivity (Wildman–Crippen MR) is 89.2 cm³/mol. The number of rotatable bonds is 6. The smallest absolute Gasteiger partial charge is 0.416 e. The molecule has 1 fully saturated rings. The van der Waals surface area contributed by atoms with Gasteiger partial charge in [-0.3, -0.25) is 4.79 Å². The lowest BCUT2D eigenvalue weighted by atomic mass is 9.95. The molecule has 7 nitrogen and oxygen atoms in total. The van der Waals surface area contributed by atoms with Crippen LogP contribution in [0.3, 0.4) is 0 Å². The van der Waals surface area contributed by atoms with Crippen LogP contribution in [-0.2, 0) is 27.7 Å². The quantitative estimate of drug-likeness (QED) is 0.437. The van der Waals surface area contributed by atoms with Crippen molar-refractivity contribution in [1.82, 2.24) is 5.16 Å². The van der Waals surface area contributed by atoms with Crippen LogP contribution in [0.15, 0.2) is 22.7 Å². The van der Waals surface area contributed by atoms with E-state index in [1.165, 1.54) is 0 Å². The fourth-order valence-electron chi connectivity index (χ4n) is 2.76. The molecule has 1 atom stereocenters. The largest absolute Gasteiger partial charge is 0.464 e. The van der Waals surface area contributed by atoms with Crippen molar-refractivity contribution in [3.8, 4) is 0 Å². The second-order valence-corrected chi connectivity index (χ2v) is 7.13. The van der Waals surface area contributed by atoms with Crippen LogP contribution in [0.2, 0.25) is 0 Å². The zero-order valence-corrected chi connectivity index (χ0v) is 15.2. The molecule has 3 rings (SSSR count). The molecule has 1 aromatic heterocycles. The summed E-state index contributed by atoms with van der Waals surface area (Å²) in [6.45, 7) is 0. The lowest BCUT2D eigenvalue weighted by Crippen LogP contribution is -2.15. The van der Waals surface area contributed by atoms with Crippen molar-refractivity contribution >= 4 is 22.8 Å². The first kappa shape index (κ1) is 20.2.